The maximum atomic E-state index is 12.8. The van der Waals surface area contributed by atoms with Crippen molar-refractivity contribution in [2.45, 2.75) is 11.9 Å². The number of non-ortho nitro benzene ring substituents is 1. The van der Waals surface area contributed by atoms with Crippen LogP contribution in [0.15, 0.2) is 47.5 Å². The van der Waals surface area contributed by atoms with E-state index in [1.54, 1.807) is 0 Å². The number of nitrogens with zero attached hydrogens (tertiary/aromatic N) is 3. The number of nitro groups is 1. The molecular formula is C18H13ClF3N3O3S. The Kier molecular flexibility index (Phi) is 6.13. The van der Waals surface area contributed by atoms with Crippen molar-refractivity contribution >= 4 is 40.1 Å². The van der Waals surface area contributed by atoms with Crippen LogP contribution in [0.3, 0.4) is 0 Å². The lowest BCUT2D eigenvalue weighted by molar-refractivity contribution is -0.384. The maximum absolute atomic E-state index is 12.8. The number of amidine groups is 1. The summed E-state index contributed by atoms with van der Waals surface area (Å²) in [5, 5.41) is 11.4. The third-order valence-electron chi connectivity index (χ3n) is 4.09. The molecule has 0 saturated carbocycles. The second-order valence-corrected chi connectivity index (χ2v) is 7.38. The van der Waals surface area contributed by atoms with Gasteiger partial charge in [0.15, 0.2) is 5.17 Å². The fraction of sp³-hybridized carbons (Fsp3) is 0.222. The molecule has 0 saturated heterocycles. The molecule has 0 aromatic heterocycles. The van der Waals surface area contributed by atoms with Gasteiger partial charge in [-0.1, -0.05) is 35.5 Å². The molecule has 2 aromatic rings. The molecule has 1 heterocycles. The smallest absolute Gasteiger partial charge is 0.286 e. The number of amides is 1. The minimum Gasteiger partial charge on any atom is -0.286 e. The number of alkyl halides is 3. The minimum absolute atomic E-state index is 0.00871. The van der Waals surface area contributed by atoms with Crippen LogP contribution in [0, 0.1) is 10.1 Å². The van der Waals surface area contributed by atoms with Crippen molar-refractivity contribution in [3.63, 3.8) is 0 Å². The van der Waals surface area contributed by atoms with Crippen molar-refractivity contribution in [1.82, 2.24) is 4.90 Å². The van der Waals surface area contributed by atoms with Gasteiger partial charge >= 0.3 is 6.18 Å². The first-order chi connectivity index (χ1) is 13.7. The van der Waals surface area contributed by atoms with Crippen LogP contribution in [-0.2, 0) is 11.9 Å². The molecule has 6 nitrogen and oxygen atoms in total. The highest BCUT2D eigenvalue weighted by atomic mass is 35.5. The van der Waals surface area contributed by atoms with Gasteiger partial charge < -0.3 is 0 Å². The van der Waals surface area contributed by atoms with E-state index in [9.17, 15) is 28.1 Å². The average molecular weight is 444 g/mol. The number of hydrogen-bond acceptors (Lipinski definition) is 5. The maximum Gasteiger partial charge on any atom is 0.416 e. The molecule has 0 bridgehead atoms. The highest BCUT2D eigenvalue weighted by molar-refractivity contribution is 8.13. The van der Waals surface area contributed by atoms with Crippen molar-refractivity contribution < 1.29 is 22.9 Å². The summed E-state index contributed by atoms with van der Waals surface area (Å²) in [7, 11) is 0. The van der Waals surface area contributed by atoms with Crippen LogP contribution in [0.4, 0.5) is 18.9 Å². The van der Waals surface area contributed by atoms with Gasteiger partial charge in [-0.25, -0.2) is 0 Å². The van der Waals surface area contributed by atoms with Crippen LogP contribution < -0.4 is 0 Å². The largest absolute Gasteiger partial charge is 0.416 e. The second-order valence-electron chi connectivity index (χ2n) is 6.03. The Hall–Kier alpha value is -2.59. The van der Waals surface area contributed by atoms with Crippen LogP contribution >= 0.6 is 23.4 Å². The summed E-state index contributed by atoms with van der Waals surface area (Å²) in [6, 6.07) is 8.34. The first kappa shape index (κ1) is 21.1. The summed E-state index contributed by atoms with van der Waals surface area (Å²) < 4.78 is 37.9. The first-order valence-corrected chi connectivity index (χ1v) is 9.62. The van der Waals surface area contributed by atoms with Gasteiger partial charge in [-0.3, -0.25) is 24.8 Å². The Morgan fingerprint density at radius 2 is 1.93 bits per heavy atom. The Morgan fingerprint density at radius 1 is 1.24 bits per heavy atom. The molecular weight excluding hydrogens is 431 g/mol. The second kappa shape index (κ2) is 8.42. The Morgan fingerprint density at radius 3 is 2.55 bits per heavy atom. The number of thioether (sulfide) groups is 1. The van der Waals surface area contributed by atoms with Crippen LogP contribution in [0.5, 0.6) is 0 Å². The molecule has 0 unspecified atom stereocenters. The van der Waals surface area contributed by atoms with Gasteiger partial charge in [0.1, 0.15) is 0 Å². The predicted octanol–water partition coefficient (Wildman–Crippen LogP) is 5.01. The number of carbonyl (C=O) groups excluding carboxylic acids is 1. The molecule has 11 heteroatoms. The standard InChI is InChI=1S/C18H13ClF3N3O3S/c19-15-6-5-13(25(27)28)9-14(15)16(26)24-8-7-23-17(24)29-10-11-1-3-12(4-2-11)18(20,21)22/h1-6,9H,7-8,10H2. The molecule has 0 fully saturated rings. The molecule has 29 heavy (non-hydrogen) atoms. The fourth-order valence-corrected chi connectivity index (χ4v) is 3.81. The molecule has 152 valence electrons. The van der Waals surface area contributed by atoms with E-state index in [1.807, 2.05) is 0 Å². The summed E-state index contributed by atoms with van der Waals surface area (Å²) >= 11 is 7.23. The van der Waals surface area contributed by atoms with Gasteiger partial charge in [-0.2, -0.15) is 13.2 Å². The van der Waals surface area contributed by atoms with E-state index in [-0.39, 0.29) is 22.8 Å². The predicted molar refractivity (Wildman–Crippen MR) is 104 cm³/mol. The topological polar surface area (TPSA) is 75.8 Å². The molecule has 0 N–H and O–H groups in total. The lowest BCUT2D eigenvalue weighted by atomic mass is 10.1. The van der Waals surface area contributed by atoms with E-state index in [0.29, 0.717) is 23.0 Å². The summed E-state index contributed by atoms with van der Waals surface area (Å²) in [6.07, 6.45) is -4.40. The van der Waals surface area contributed by atoms with Gasteiger partial charge in [-0.05, 0) is 23.8 Å². The zero-order chi connectivity index (χ0) is 21.2. The summed E-state index contributed by atoms with van der Waals surface area (Å²) in [5.41, 5.74) is -0.363. The normalized spacial score (nSPS) is 14.1. The SMILES string of the molecule is O=C(c1cc([N+](=O)[O-])ccc1Cl)N1CCN=C1SCc1ccc(C(F)(F)F)cc1. The molecule has 1 amide bonds. The number of carbonyl (C=O) groups is 1. The van der Waals surface area contributed by atoms with Gasteiger partial charge in [0, 0.05) is 24.4 Å². The number of halogens is 4. The van der Waals surface area contributed by atoms with E-state index >= 15 is 0 Å². The highest BCUT2D eigenvalue weighted by Gasteiger charge is 2.30. The molecule has 0 atom stereocenters. The number of nitro benzene ring substituents is 1. The molecule has 3 rings (SSSR count). The summed E-state index contributed by atoms with van der Waals surface area (Å²) in [6.45, 7) is 0.640. The van der Waals surface area contributed by atoms with E-state index in [0.717, 1.165) is 18.2 Å². The lowest BCUT2D eigenvalue weighted by Gasteiger charge is -2.18. The zero-order valence-electron chi connectivity index (χ0n) is 14.6. The number of benzene rings is 2. The third kappa shape index (κ3) is 4.88. The average Bonchev–Trinajstić information content (AvgIpc) is 3.14. The molecule has 0 aliphatic carbocycles. The zero-order valence-corrected chi connectivity index (χ0v) is 16.2. The Balaban J connectivity index is 1.71. The van der Waals surface area contributed by atoms with Crippen molar-refractivity contribution in [1.29, 1.82) is 0 Å². The van der Waals surface area contributed by atoms with E-state index < -0.39 is 22.6 Å². The van der Waals surface area contributed by atoms with Gasteiger partial charge in [0.2, 0.25) is 0 Å². The quantitative estimate of drug-likeness (QED) is 0.491. The highest BCUT2D eigenvalue weighted by Crippen LogP contribution is 2.30. The van der Waals surface area contributed by atoms with E-state index in [1.165, 1.54) is 40.9 Å². The Labute approximate surface area is 172 Å². The van der Waals surface area contributed by atoms with Crippen molar-refractivity contribution in [3.8, 4) is 0 Å². The first-order valence-electron chi connectivity index (χ1n) is 8.26. The monoisotopic (exact) mass is 443 g/mol. The van der Waals surface area contributed by atoms with Crippen LogP contribution in [0.2, 0.25) is 5.02 Å². The Bertz CT molecular complexity index is 981. The minimum atomic E-state index is -4.40. The van der Waals surface area contributed by atoms with Gasteiger partial charge in [0.25, 0.3) is 11.6 Å². The molecule has 0 spiro atoms. The van der Waals surface area contributed by atoms with Crippen LogP contribution in [0.25, 0.3) is 0 Å². The number of hydrogen-bond donors (Lipinski definition) is 0. The van der Waals surface area contributed by atoms with Crippen molar-refractivity contribution in [2.75, 3.05) is 13.1 Å². The molecule has 1 aliphatic rings. The van der Waals surface area contributed by atoms with Crippen LogP contribution in [0.1, 0.15) is 21.5 Å². The molecule has 0 radical (unpaired) electrons. The summed E-state index contributed by atoms with van der Waals surface area (Å²) in [4.78, 5) is 28.8. The van der Waals surface area contributed by atoms with Crippen molar-refractivity contribution in [2.24, 2.45) is 4.99 Å². The number of rotatable bonds is 4. The van der Waals surface area contributed by atoms with Crippen LogP contribution in [-0.4, -0.2) is 34.0 Å². The van der Waals surface area contributed by atoms with E-state index in [2.05, 4.69) is 4.99 Å². The molecule has 2 aromatic carbocycles. The summed E-state index contributed by atoms with van der Waals surface area (Å²) in [5.74, 6) is -0.210. The van der Waals surface area contributed by atoms with Crippen molar-refractivity contribution in [3.05, 3.63) is 74.3 Å². The lowest BCUT2D eigenvalue weighted by Crippen LogP contribution is -2.33. The van der Waals surface area contributed by atoms with Gasteiger partial charge in [0.05, 0.1) is 27.6 Å². The van der Waals surface area contributed by atoms with Gasteiger partial charge in [-0.15, -0.1) is 0 Å². The number of aliphatic imine (C=N–C) groups is 1. The van der Waals surface area contributed by atoms with E-state index in [4.69, 9.17) is 11.6 Å². The fourth-order valence-electron chi connectivity index (χ4n) is 2.61. The molecule has 1 aliphatic heterocycles. The third-order valence-corrected chi connectivity index (χ3v) is 5.50.